The molecule has 1 aromatic carbocycles. The van der Waals surface area contributed by atoms with Crippen LogP contribution in [0.15, 0.2) is 24.3 Å². The van der Waals surface area contributed by atoms with Crippen molar-refractivity contribution in [1.29, 1.82) is 0 Å². The van der Waals surface area contributed by atoms with Crippen LogP contribution in [0.3, 0.4) is 0 Å². The predicted octanol–water partition coefficient (Wildman–Crippen LogP) is 3.60. The highest BCUT2D eigenvalue weighted by Gasteiger charge is 2.30. The van der Waals surface area contributed by atoms with Gasteiger partial charge in [-0.2, -0.15) is 0 Å². The summed E-state index contributed by atoms with van der Waals surface area (Å²) >= 11 is 0. The van der Waals surface area contributed by atoms with Crippen LogP contribution in [-0.4, -0.2) is 18.8 Å². The first-order chi connectivity index (χ1) is 8.70. The van der Waals surface area contributed by atoms with Gasteiger partial charge < -0.3 is 10.1 Å². The molecule has 2 heteroatoms. The molecule has 0 spiro atoms. The van der Waals surface area contributed by atoms with Crippen molar-refractivity contribution in [3.63, 3.8) is 0 Å². The summed E-state index contributed by atoms with van der Waals surface area (Å²) in [5.74, 6) is 0. The van der Waals surface area contributed by atoms with E-state index < -0.39 is 0 Å². The second kappa shape index (κ2) is 6.35. The maximum atomic E-state index is 6.05. The third kappa shape index (κ3) is 3.33. The van der Waals surface area contributed by atoms with Crippen LogP contribution in [0.25, 0.3) is 0 Å². The van der Waals surface area contributed by atoms with Crippen LogP contribution < -0.4 is 5.32 Å². The van der Waals surface area contributed by atoms with Crippen molar-refractivity contribution in [2.45, 2.75) is 58.3 Å². The Morgan fingerprint density at radius 2 is 2.22 bits per heavy atom. The number of ether oxygens (including phenoxy) is 1. The van der Waals surface area contributed by atoms with E-state index in [0.717, 1.165) is 19.4 Å². The van der Waals surface area contributed by atoms with Gasteiger partial charge in [0.1, 0.15) is 0 Å². The minimum Gasteiger partial charge on any atom is -0.373 e. The van der Waals surface area contributed by atoms with Gasteiger partial charge in [0, 0.05) is 0 Å². The van der Waals surface area contributed by atoms with Gasteiger partial charge in [0.2, 0.25) is 0 Å². The maximum Gasteiger partial charge on any atom is 0.0774 e. The van der Waals surface area contributed by atoms with Crippen molar-refractivity contribution >= 4 is 0 Å². The zero-order valence-electron chi connectivity index (χ0n) is 11.8. The summed E-state index contributed by atoms with van der Waals surface area (Å²) in [5.41, 5.74) is 2.68. The van der Waals surface area contributed by atoms with Crippen LogP contribution >= 0.6 is 0 Å². The van der Waals surface area contributed by atoms with Gasteiger partial charge in [-0.15, -0.1) is 0 Å². The molecule has 0 bridgehead atoms. The van der Waals surface area contributed by atoms with Gasteiger partial charge >= 0.3 is 0 Å². The molecule has 2 rings (SSSR count). The van der Waals surface area contributed by atoms with Gasteiger partial charge in [-0.25, -0.2) is 0 Å². The molecule has 1 aromatic rings. The summed E-state index contributed by atoms with van der Waals surface area (Å²) in [4.78, 5) is 0. The van der Waals surface area contributed by atoms with E-state index in [9.17, 15) is 0 Å². The fourth-order valence-corrected chi connectivity index (χ4v) is 2.71. The van der Waals surface area contributed by atoms with E-state index in [4.69, 9.17) is 4.74 Å². The normalized spacial score (nSPS) is 25.3. The van der Waals surface area contributed by atoms with E-state index in [1.54, 1.807) is 0 Å². The molecular formula is C16H25NO. The lowest BCUT2D eigenvalue weighted by molar-refractivity contribution is 0.0316. The third-order valence-electron chi connectivity index (χ3n) is 3.65. The molecule has 0 aromatic heterocycles. The topological polar surface area (TPSA) is 21.3 Å². The van der Waals surface area contributed by atoms with Crippen LogP contribution in [0.1, 0.15) is 50.3 Å². The lowest BCUT2D eigenvalue weighted by atomic mass is 9.97. The highest BCUT2D eigenvalue weighted by atomic mass is 16.5. The van der Waals surface area contributed by atoms with Gasteiger partial charge in [0.15, 0.2) is 0 Å². The van der Waals surface area contributed by atoms with Crippen molar-refractivity contribution in [2.24, 2.45) is 0 Å². The minimum atomic E-state index is 0.327. The fraction of sp³-hybridized carbons (Fsp3) is 0.625. The Morgan fingerprint density at radius 1 is 1.39 bits per heavy atom. The fourth-order valence-electron chi connectivity index (χ4n) is 2.71. The molecule has 2 nitrogen and oxygen atoms in total. The van der Waals surface area contributed by atoms with Gasteiger partial charge in [-0.1, -0.05) is 36.8 Å². The molecule has 0 radical (unpaired) electrons. The number of hydrogen-bond acceptors (Lipinski definition) is 2. The highest BCUT2D eigenvalue weighted by Crippen LogP contribution is 2.30. The Balaban J connectivity index is 2.14. The average Bonchev–Trinajstić information content (AvgIpc) is 2.76. The van der Waals surface area contributed by atoms with Gasteiger partial charge in [0.25, 0.3) is 0 Å². The maximum absolute atomic E-state index is 6.05. The molecule has 0 amide bonds. The molecule has 100 valence electrons. The highest BCUT2D eigenvalue weighted by molar-refractivity contribution is 5.26. The van der Waals surface area contributed by atoms with Crippen LogP contribution in [0, 0.1) is 6.92 Å². The monoisotopic (exact) mass is 247 g/mol. The van der Waals surface area contributed by atoms with Crippen LogP contribution in [0.2, 0.25) is 0 Å². The zero-order chi connectivity index (χ0) is 13.0. The van der Waals surface area contributed by atoms with Gasteiger partial charge in [0.05, 0.1) is 18.2 Å². The van der Waals surface area contributed by atoms with E-state index in [2.05, 4.69) is 50.4 Å². The Hall–Kier alpha value is -0.860. The molecule has 1 aliphatic rings. The molecule has 3 unspecified atom stereocenters. The molecular weight excluding hydrogens is 222 g/mol. The minimum absolute atomic E-state index is 0.327. The van der Waals surface area contributed by atoms with Crippen molar-refractivity contribution in [1.82, 2.24) is 5.32 Å². The lowest BCUT2D eigenvalue weighted by Gasteiger charge is -2.25. The SMILES string of the molecule is CCCNC(c1cccc(C)c1)C1CCC(C)O1. The molecule has 1 fully saturated rings. The predicted molar refractivity (Wildman–Crippen MR) is 75.8 cm³/mol. The first-order valence-electron chi connectivity index (χ1n) is 7.16. The number of rotatable bonds is 5. The number of nitrogens with one attached hydrogen (secondary N) is 1. The smallest absolute Gasteiger partial charge is 0.0774 e. The molecule has 1 heterocycles. The summed E-state index contributed by atoms with van der Waals surface area (Å²) in [7, 11) is 0. The van der Waals surface area contributed by atoms with Crippen molar-refractivity contribution in [3.05, 3.63) is 35.4 Å². The Bertz CT molecular complexity index is 377. The van der Waals surface area contributed by atoms with E-state index in [1.165, 1.54) is 17.5 Å². The van der Waals surface area contributed by atoms with Crippen molar-refractivity contribution in [2.75, 3.05) is 6.54 Å². The number of aryl methyl sites for hydroxylation is 1. The molecule has 18 heavy (non-hydrogen) atoms. The summed E-state index contributed by atoms with van der Waals surface area (Å²) in [6, 6.07) is 9.13. The third-order valence-corrected chi connectivity index (χ3v) is 3.65. The molecule has 1 saturated heterocycles. The van der Waals surface area contributed by atoms with Gasteiger partial charge in [-0.3, -0.25) is 0 Å². The Kier molecular flexibility index (Phi) is 4.79. The van der Waals surface area contributed by atoms with Crippen LogP contribution in [0.4, 0.5) is 0 Å². The molecule has 3 atom stereocenters. The standard InChI is InChI=1S/C16H25NO/c1-4-10-17-16(15-9-8-13(3)18-15)14-7-5-6-12(2)11-14/h5-7,11,13,15-17H,4,8-10H2,1-3H3. The number of benzene rings is 1. The molecule has 0 saturated carbocycles. The van der Waals surface area contributed by atoms with Gasteiger partial charge in [-0.05, 0) is 45.2 Å². The molecule has 1 N–H and O–H groups in total. The molecule has 0 aliphatic carbocycles. The summed E-state index contributed by atoms with van der Waals surface area (Å²) < 4.78 is 6.05. The summed E-state index contributed by atoms with van der Waals surface area (Å²) in [6.45, 7) is 7.58. The van der Waals surface area contributed by atoms with Crippen molar-refractivity contribution < 1.29 is 4.74 Å². The van der Waals surface area contributed by atoms with Crippen molar-refractivity contribution in [3.8, 4) is 0 Å². The summed E-state index contributed by atoms with van der Waals surface area (Å²) in [6.07, 6.45) is 4.24. The van der Waals surface area contributed by atoms with E-state index in [-0.39, 0.29) is 0 Å². The quantitative estimate of drug-likeness (QED) is 0.858. The number of hydrogen-bond donors (Lipinski definition) is 1. The Morgan fingerprint density at radius 3 is 2.83 bits per heavy atom. The van der Waals surface area contributed by atoms with E-state index in [0.29, 0.717) is 18.2 Å². The Labute approximate surface area is 111 Å². The second-order valence-electron chi connectivity index (χ2n) is 5.41. The summed E-state index contributed by atoms with van der Waals surface area (Å²) in [5, 5.41) is 3.65. The first kappa shape index (κ1) is 13.6. The van der Waals surface area contributed by atoms with E-state index >= 15 is 0 Å². The first-order valence-corrected chi connectivity index (χ1v) is 7.16. The van der Waals surface area contributed by atoms with E-state index in [1.807, 2.05) is 0 Å². The largest absolute Gasteiger partial charge is 0.373 e. The van der Waals surface area contributed by atoms with Crippen LogP contribution in [-0.2, 0) is 4.74 Å². The molecule has 1 aliphatic heterocycles. The lowest BCUT2D eigenvalue weighted by Crippen LogP contribution is -2.32. The average molecular weight is 247 g/mol. The second-order valence-corrected chi connectivity index (χ2v) is 5.41. The zero-order valence-corrected chi connectivity index (χ0v) is 11.8. The van der Waals surface area contributed by atoms with Crippen LogP contribution in [0.5, 0.6) is 0 Å².